The molecule has 1 aliphatic rings. The number of rotatable bonds is 6. The van der Waals surface area contributed by atoms with Crippen molar-refractivity contribution in [2.75, 3.05) is 38.0 Å². The maximum Gasteiger partial charge on any atom is 0.253 e. The molecular weight excluding hydrogens is 302 g/mol. The Balaban J connectivity index is 2.00. The molecule has 0 radical (unpaired) electrons. The fourth-order valence-corrected chi connectivity index (χ4v) is 3.04. The van der Waals surface area contributed by atoms with Crippen LogP contribution in [0, 0.1) is 0 Å². The molecule has 5 nitrogen and oxygen atoms in total. The standard InChI is InChI=1S/C19H29N3O2/c1-3-21(4-2)15-18(23)20-17-11-9-10-16(14-17)19(24)22-12-7-5-6-8-13-22/h9-11,14H,3-8,12-13,15H2,1-2H3,(H,20,23). The number of hydrogen-bond donors (Lipinski definition) is 1. The molecule has 0 unspecified atom stereocenters. The molecule has 0 aromatic heterocycles. The minimum atomic E-state index is -0.0435. The van der Waals surface area contributed by atoms with E-state index in [9.17, 15) is 9.59 Å². The van der Waals surface area contributed by atoms with E-state index in [4.69, 9.17) is 0 Å². The summed E-state index contributed by atoms with van der Waals surface area (Å²) in [5.41, 5.74) is 1.34. The van der Waals surface area contributed by atoms with Crippen molar-refractivity contribution in [3.05, 3.63) is 29.8 Å². The molecule has 24 heavy (non-hydrogen) atoms. The van der Waals surface area contributed by atoms with Crippen LogP contribution in [0.3, 0.4) is 0 Å². The lowest BCUT2D eigenvalue weighted by Gasteiger charge is -2.21. The van der Waals surface area contributed by atoms with Crippen LogP contribution in [0.5, 0.6) is 0 Å². The van der Waals surface area contributed by atoms with Crippen molar-refractivity contribution < 1.29 is 9.59 Å². The second kappa shape index (κ2) is 9.42. The Kier molecular flexibility index (Phi) is 7.25. The number of carbonyl (C=O) groups is 2. The lowest BCUT2D eigenvalue weighted by molar-refractivity contribution is -0.117. The molecule has 1 aliphatic heterocycles. The molecule has 0 aliphatic carbocycles. The van der Waals surface area contributed by atoms with Gasteiger partial charge in [0.05, 0.1) is 6.54 Å². The number of hydrogen-bond acceptors (Lipinski definition) is 3. The average Bonchev–Trinajstić information content (AvgIpc) is 2.88. The van der Waals surface area contributed by atoms with Crippen molar-refractivity contribution in [3.63, 3.8) is 0 Å². The zero-order valence-electron chi connectivity index (χ0n) is 14.9. The summed E-state index contributed by atoms with van der Waals surface area (Å²) in [5.74, 6) is 0.0230. The molecule has 1 aromatic rings. The van der Waals surface area contributed by atoms with Gasteiger partial charge in [0.1, 0.15) is 0 Å². The first-order valence-corrected chi connectivity index (χ1v) is 9.05. The van der Waals surface area contributed by atoms with Crippen LogP contribution in [-0.4, -0.2) is 54.3 Å². The summed E-state index contributed by atoms with van der Waals surface area (Å²) < 4.78 is 0. The highest BCUT2D eigenvalue weighted by molar-refractivity contribution is 5.97. The normalized spacial score (nSPS) is 15.2. The summed E-state index contributed by atoms with van der Waals surface area (Å²) in [6.45, 7) is 7.80. The van der Waals surface area contributed by atoms with Crippen molar-refractivity contribution in [1.82, 2.24) is 9.80 Å². The predicted molar refractivity (Wildman–Crippen MR) is 97.2 cm³/mol. The second-order valence-electron chi connectivity index (χ2n) is 6.30. The molecule has 1 aromatic carbocycles. The van der Waals surface area contributed by atoms with Gasteiger partial charge in [-0.25, -0.2) is 0 Å². The molecule has 1 saturated heterocycles. The first kappa shape index (κ1) is 18.5. The first-order valence-electron chi connectivity index (χ1n) is 9.05. The van der Waals surface area contributed by atoms with Crippen LogP contribution in [0.15, 0.2) is 24.3 Å². The number of amides is 2. The van der Waals surface area contributed by atoms with Gasteiger partial charge >= 0.3 is 0 Å². The Labute approximate surface area is 145 Å². The molecule has 0 bridgehead atoms. The van der Waals surface area contributed by atoms with Crippen molar-refractivity contribution in [2.45, 2.75) is 39.5 Å². The molecule has 0 saturated carbocycles. The fraction of sp³-hybridized carbons (Fsp3) is 0.579. The highest BCUT2D eigenvalue weighted by Gasteiger charge is 2.17. The quantitative estimate of drug-likeness (QED) is 0.872. The van der Waals surface area contributed by atoms with Crippen molar-refractivity contribution >= 4 is 17.5 Å². The third kappa shape index (κ3) is 5.34. The van der Waals surface area contributed by atoms with Gasteiger partial charge in [0, 0.05) is 24.3 Å². The molecule has 0 spiro atoms. The lowest BCUT2D eigenvalue weighted by atomic mass is 10.1. The van der Waals surface area contributed by atoms with E-state index in [-0.39, 0.29) is 11.8 Å². The maximum absolute atomic E-state index is 12.7. The van der Waals surface area contributed by atoms with Crippen LogP contribution in [0.4, 0.5) is 5.69 Å². The van der Waals surface area contributed by atoms with E-state index in [2.05, 4.69) is 10.2 Å². The van der Waals surface area contributed by atoms with Crippen LogP contribution in [0.2, 0.25) is 0 Å². The first-order chi connectivity index (χ1) is 11.6. The predicted octanol–water partition coefficient (Wildman–Crippen LogP) is 2.98. The third-order valence-corrected chi connectivity index (χ3v) is 4.55. The number of likely N-dealkylation sites (N-methyl/N-ethyl adjacent to an activating group) is 1. The molecule has 5 heteroatoms. The van der Waals surface area contributed by atoms with Crippen LogP contribution >= 0.6 is 0 Å². The molecule has 1 N–H and O–H groups in total. The summed E-state index contributed by atoms with van der Waals surface area (Å²) in [7, 11) is 0. The Morgan fingerprint density at radius 3 is 2.38 bits per heavy atom. The van der Waals surface area contributed by atoms with Gasteiger partial charge in [-0.05, 0) is 44.1 Å². The Bertz CT molecular complexity index is 547. The summed E-state index contributed by atoms with van der Waals surface area (Å²) in [6.07, 6.45) is 4.55. The SMILES string of the molecule is CCN(CC)CC(=O)Nc1cccc(C(=O)N2CCCCCC2)c1. The number of anilines is 1. The molecule has 0 atom stereocenters. The Morgan fingerprint density at radius 2 is 1.75 bits per heavy atom. The summed E-state index contributed by atoms with van der Waals surface area (Å²) in [6, 6.07) is 7.28. The summed E-state index contributed by atoms with van der Waals surface area (Å²) >= 11 is 0. The largest absolute Gasteiger partial charge is 0.339 e. The molecular formula is C19H29N3O2. The minimum absolute atomic E-state index is 0.0435. The highest BCUT2D eigenvalue weighted by atomic mass is 16.2. The van der Waals surface area contributed by atoms with E-state index in [0.717, 1.165) is 39.0 Å². The molecule has 1 heterocycles. The van der Waals surface area contributed by atoms with Crippen LogP contribution in [-0.2, 0) is 4.79 Å². The lowest BCUT2D eigenvalue weighted by Crippen LogP contribution is -2.33. The average molecular weight is 331 g/mol. The molecule has 2 rings (SSSR count). The van der Waals surface area contributed by atoms with E-state index >= 15 is 0 Å². The number of benzene rings is 1. The van der Waals surface area contributed by atoms with Crippen molar-refractivity contribution in [2.24, 2.45) is 0 Å². The van der Waals surface area contributed by atoms with Gasteiger partial charge in [0.15, 0.2) is 0 Å². The van der Waals surface area contributed by atoms with Crippen LogP contribution in [0.25, 0.3) is 0 Å². The van der Waals surface area contributed by atoms with Crippen LogP contribution in [0.1, 0.15) is 49.9 Å². The van der Waals surface area contributed by atoms with Gasteiger partial charge in [-0.15, -0.1) is 0 Å². The number of carbonyl (C=O) groups excluding carboxylic acids is 2. The number of likely N-dealkylation sites (tertiary alicyclic amines) is 1. The number of nitrogens with one attached hydrogen (secondary N) is 1. The Morgan fingerprint density at radius 1 is 1.08 bits per heavy atom. The topological polar surface area (TPSA) is 52.7 Å². The van der Waals surface area contributed by atoms with E-state index < -0.39 is 0 Å². The van der Waals surface area contributed by atoms with Gasteiger partial charge in [-0.3, -0.25) is 14.5 Å². The van der Waals surface area contributed by atoms with Gasteiger partial charge in [0.2, 0.25) is 5.91 Å². The summed E-state index contributed by atoms with van der Waals surface area (Å²) in [5, 5.41) is 2.90. The minimum Gasteiger partial charge on any atom is -0.339 e. The van der Waals surface area contributed by atoms with E-state index in [1.807, 2.05) is 36.9 Å². The zero-order valence-corrected chi connectivity index (χ0v) is 14.9. The summed E-state index contributed by atoms with van der Waals surface area (Å²) in [4.78, 5) is 28.8. The highest BCUT2D eigenvalue weighted by Crippen LogP contribution is 2.16. The van der Waals surface area contributed by atoms with E-state index in [0.29, 0.717) is 17.8 Å². The monoisotopic (exact) mass is 331 g/mol. The Hall–Kier alpha value is -1.88. The van der Waals surface area contributed by atoms with Gasteiger partial charge in [0.25, 0.3) is 5.91 Å². The molecule has 132 valence electrons. The fourth-order valence-electron chi connectivity index (χ4n) is 3.04. The van der Waals surface area contributed by atoms with E-state index in [1.54, 1.807) is 6.07 Å². The maximum atomic E-state index is 12.7. The van der Waals surface area contributed by atoms with Crippen LogP contribution < -0.4 is 5.32 Å². The van der Waals surface area contributed by atoms with Crippen molar-refractivity contribution in [3.8, 4) is 0 Å². The second-order valence-corrected chi connectivity index (χ2v) is 6.30. The van der Waals surface area contributed by atoms with Crippen molar-refractivity contribution in [1.29, 1.82) is 0 Å². The third-order valence-electron chi connectivity index (χ3n) is 4.55. The molecule has 2 amide bonds. The van der Waals surface area contributed by atoms with Gasteiger partial charge in [-0.2, -0.15) is 0 Å². The molecule has 1 fully saturated rings. The zero-order chi connectivity index (χ0) is 17.4. The smallest absolute Gasteiger partial charge is 0.253 e. The number of nitrogens with zero attached hydrogens (tertiary/aromatic N) is 2. The van der Waals surface area contributed by atoms with Gasteiger partial charge < -0.3 is 10.2 Å². The van der Waals surface area contributed by atoms with Gasteiger partial charge in [-0.1, -0.05) is 32.8 Å². The van der Waals surface area contributed by atoms with E-state index in [1.165, 1.54) is 12.8 Å².